The van der Waals surface area contributed by atoms with Gasteiger partial charge < -0.3 is 9.47 Å². The first-order valence-electron chi connectivity index (χ1n) is 14.1. The molecule has 0 saturated heterocycles. The van der Waals surface area contributed by atoms with E-state index in [0.29, 0.717) is 0 Å². The van der Waals surface area contributed by atoms with Crippen LogP contribution in [0.15, 0.2) is 110 Å². The van der Waals surface area contributed by atoms with Gasteiger partial charge in [-0.05, 0) is 111 Å². The summed E-state index contributed by atoms with van der Waals surface area (Å²) in [7, 11) is 3.25. The maximum absolute atomic E-state index is 5.13. The Bertz CT molecular complexity index is 1600. The minimum atomic E-state index is 0. The Morgan fingerprint density at radius 3 is 0.800 bits per heavy atom. The summed E-state index contributed by atoms with van der Waals surface area (Å²) in [6.45, 7) is 8.23. The van der Waals surface area contributed by atoms with E-state index >= 15 is 0 Å². The molecule has 0 fully saturated rings. The van der Waals surface area contributed by atoms with E-state index < -0.39 is 0 Å². The molecule has 0 radical (unpaired) electrons. The molecular weight excluding hydrogens is 739 g/mol. The molecule has 0 unspecified atom stereocenters. The fourth-order valence-electron chi connectivity index (χ4n) is 4.06. The number of methoxy groups -OCH3 is 2. The maximum atomic E-state index is 5.13. The maximum Gasteiger partial charge on any atom is 0.122 e. The van der Waals surface area contributed by atoms with Gasteiger partial charge in [0.2, 0.25) is 0 Å². The van der Waals surface area contributed by atoms with Crippen molar-refractivity contribution in [1.82, 2.24) is 29.9 Å². The molecule has 6 heterocycles. The molecule has 45 heavy (non-hydrogen) atoms. The SMILES string of the molecule is COc1ccnc(-c2cc(OC)ccn2)c1.Cc1ccnc(-c2cc(C)ccn2)c1.Cc1ccnc(-c2cc(C)ccn2)c1.[Os]. The Morgan fingerprint density at radius 2 is 0.578 bits per heavy atom. The van der Waals surface area contributed by atoms with Gasteiger partial charge in [0.05, 0.1) is 48.4 Å². The van der Waals surface area contributed by atoms with E-state index in [1.54, 1.807) is 38.7 Å². The van der Waals surface area contributed by atoms with Crippen LogP contribution in [0.2, 0.25) is 0 Å². The summed E-state index contributed by atoms with van der Waals surface area (Å²) < 4.78 is 10.3. The molecule has 6 aromatic heterocycles. The number of aryl methyl sites for hydroxylation is 4. The molecule has 0 N–H and O–H groups in total. The van der Waals surface area contributed by atoms with Gasteiger partial charge in [-0.2, -0.15) is 0 Å². The Labute approximate surface area is 278 Å². The van der Waals surface area contributed by atoms with Crippen molar-refractivity contribution < 1.29 is 29.3 Å². The largest absolute Gasteiger partial charge is 0.497 e. The molecule has 6 aromatic rings. The standard InChI is InChI=1S/C12H12N2O2.2C12H12N2.Os/c1-15-9-3-5-13-11(7-9)12-8-10(16-2)4-6-14-12;2*1-9-3-5-13-11(7-9)12-8-10(2)4-6-14-12;/h3-8H,1-2H3;2*3-8H,1-2H3;. The topological polar surface area (TPSA) is 95.8 Å². The van der Waals surface area contributed by atoms with Crippen molar-refractivity contribution in [3.05, 3.63) is 132 Å². The monoisotopic (exact) mass is 776 g/mol. The first kappa shape index (κ1) is 34.6. The van der Waals surface area contributed by atoms with Gasteiger partial charge in [-0.1, -0.05) is 0 Å². The number of rotatable bonds is 5. The molecule has 0 atom stereocenters. The minimum absolute atomic E-state index is 0. The molecule has 0 aliphatic rings. The molecule has 230 valence electrons. The van der Waals surface area contributed by atoms with Gasteiger partial charge in [0.25, 0.3) is 0 Å². The van der Waals surface area contributed by atoms with Gasteiger partial charge in [-0.25, -0.2) is 0 Å². The summed E-state index contributed by atoms with van der Waals surface area (Å²) in [5, 5.41) is 0. The second-order valence-electron chi connectivity index (χ2n) is 10.0. The van der Waals surface area contributed by atoms with Crippen molar-refractivity contribution in [3.8, 4) is 45.7 Å². The third kappa shape index (κ3) is 10.7. The van der Waals surface area contributed by atoms with E-state index in [9.17, 15) is 0 Å². The first-order valence-corrected chi connectivity index (χ1v) is 14.1. The van der Waals surface area contributed by atoms with Crippen molar-refractivity contribution >= 4 is 0 Å². The van der Waals surface area contributed by atoms with E-state index in [1.807, 2.05) is 85.5 Å². The van der Waals surface area contributed by atoms with E-state index in [1.165, 1.54) is 22.3 Å². The summed E-state index contributed by atoms with van der Waals surface area (Å²) in [5.41, 5.74) is 10.1. The Morgan fingerprint density at radius 1 is 0.356 bits per heavy atom. The van der Waals surface area contributed by atoms with Gasteiger partial charge in [-0.15, -0.1) is 0 Å². The van der Waals surface area contributed by atoms with Crippen molar-refractivity contribution in [3.63, 3.8) is 0 Å². The molecule has 8 nitrogen and oxygen atoms in total. The van der Waals surface area contributed by atoms with Crippen LogP contribution in [0.4, 0.5) is 0 Å². The van der Waals surface area contributed by atoms with Crippen molar-refractivity contribution in [2.45, 2.75) is 27.7 Å². The summed E-state index contributed by atoms with van der Waals surface area (Å²) in [6.07, 6.45) is 10.6. The van der Waals surface area contributed by atoms with E-state index in [4.69, 9.17) is 9.47 Å². The van der Waals surface area contributed by atoms with Crippen LogP contribution in [0.3, 0.4) is 0 Å². The van der Waals surface area contributed by atoms with Crippen LogP contribution in [-0.4, -0.2) is 44.1 Å². The molecule has 0 saturated carbocycles. The number of hydrogen-bond acceptors (Lipinski definition) is 8. The van der Waals surface area contributed by atoms with E-state index in [-0.39, 0.29) is 19.8 Å². The summed E-state index contributed by atoms with van der Waals surface area (Å²) in [4.78, 5) is 25.6. The van der Waals surface area contributed by atoms with Crippen molar-refractivity contribution in [2.24, 2.45) is 0 Å². The number of hydrogen-bond donors (Lipinski definition) is 0. The molecular formula is C36H36N6O2Os. The average Bonchev–Trinajstić information content (AvgIpc) is 3.05. The number of ether oxygens (including phenoxy) is 2. The molecule has 0 aromatic carbocycles. The van der Waals surface area contributed by atoms with Gasteiger partial charge >= 0.3 is 0 Å². The Balaban J connectivity index is 0.000000183. The zero-order chi connectivity index (χ0) is 31.3. The Hall–Kier alpha value is -4.86. The normalized spacial score (nSPS) is 9.82. The van der Waals surface area contributed by atoms with Crippen LogP contribution in [0, 0.1) is 27.7 Å². The molecule has 0 amide bonds. The van der Waals surface area contributed by atoms with Crippen LogP contribution in [0.25, 0.3) is 34.2 Å². The van der Waals surface area contributed by atoms with Crippen LogP contribution < -0.4 is 9.47 Å². The quantitative estimate of drug-likeness (QED) is 0.176. The molecule has 6 rings (SSSR count). The molecule has 9 heteroatoms. The second kappa shape index (κ2) is 17.4. The van der Waals surface area contributed by atoms with Crippen molar-refractivity contribution in [2.75, 3.05) is 14.2 Å². The predicted molar refractivity (Wildman–Crippen MR) is 174 cm³/mol. The van der Waals surface area contributed by atoms with Gasteiger partial charge in [-0.3, -0.25) is 29.9 Å². The summed E-state index contributed by atoms with van der Waals surface area (Å²) >= 11 is 0. The van der Waals surface area contributed by atoms with Crippen LogP contribution in [0.5, 0.6) is 11.5 Å². The fraction of sp³-hybridized carbons (Fsp3) is 0.167. The molecule has 0 aliphatic heterocycles. The first-order chi connectivity index (χ1) is 21.3. The predicted octanol–water partition coefficient (Wildman–Crippen LogP) is 7.68. The van der Waals surface area contributed by atoms with Crippen LogP contribution in [0.1, 0.15) is 22.3 Å². The zero-order valence-corrected chi connectivity index (χ0v) is 28.8. The smallest absolute Gasteiger partial charge is 0.122 e. The molecule has 0 bridgehead atoms. The third-order valence-electron chi connectivity index (χ3n) is 6.38. The average molecular weight is 775 g/mol. The minimum Gasteiger partial charge on any atom is -0.497 e. The molecule has 0 spiro atoms. The summed E-state index contributed by atoms with van der Waals surface area (Å²) in [6, 6.07) is 23.4. The molecule has 0 aliphatic carbocycles. The van der Waals surface area contributed by atoms with Gasteiger partial charge in [0.15, 0.2) is 0 Å². The third-order valence-corrected chi connectivity index (χ3v) is 6.38. The van der Waals surface area contributed by atoms with E-state index in [2.05, 4.69) is 57.6 Å². The number of aromatic nitrogens is 6. The number of nitrogens with zero attached hydrogens (tertiary/aromatic N) is 6. The van der Waals surface area contributed by atoms with Gasteiger partial charge in [0.1, 0.15) is 11.5 Å². The summed E-state index contributed by atoms with van der Waals surface area (Å²) in [5.74, 6) is 1.52. The van der Waals surface area contributed by atoms with Crippen molar-refractivity contribution in [1.29, 1.82) is 0 Å². The fourth-order valence-corrected chi connectivity index (χ4v) is 4.06. The second-order valence-corrected chi connectivity index (χ2v) is 10.0. The Kier molecular flexibility index (Phi) is 13.4. The van der Waals surface area contributed by atoms with E-state index in [0.717, 1.165) is 45.7 Å². The number of pyridine rings is 6. The van der Waals surface area contributed by atoms with Crippen LogP contribution in [-0.2, 0) is 19.8 Å². The van der Waals surface area contributed by atoms with Crippen LogP contribution >= 0.6 is 0 Å². The zero-order valence-electron chi connectivity index (χ0n) is 26.2. The van der Waals surface area contributed by atoms with Gasteiger partial charge in [0, 0.05) is 69.1 Å².